The Morgan fingerprint density at radius 1 is 1.12 bits per heavy atom. The van der Waals surface area contributed by atoms with Crippen LogP contribution in [0.4, 0.5) is 10.1 Å². The van der Waals surface area contributed by atoms with E-state index in [9.17, 15) is 14.5 Å². The van der Waals surface area contributed by atoms with Crippen molar-refractivity contribution in [1.82, 2.24) is 4.90 Å². The van der Waals surface area contributed by atoms with Crippen LogP contribution in [0.25, 0.3) is 0 Å². The lowest BCUT2D eigenvalue weighted by molar-refractivity contribution is -0.385. The Bertz CT molecular complexity index is 712. The van der Waals surface area contributed by atoms with Gasteiger partial charge in [0, 0.05) is 18.2 Å². The quantitative estimate of drug-likeness (QED) is 0.611. The number of likely N-dealkylation sites (tertiary alicyclic amines) is 1. The van der Waals surface area contributed by atoms with Gasteiger partial charge in [0.25, 0.3) is 5.69 Å². The van der Waals surface area contributed by atoms with Crippen molar-refractivity contribution in [3.63, 3.8) is 0 Å². The highest BCUT2D eigenvalue weighted by atomic mass is 19.1. The van der Waals surface area contributed by atoms with Gasteiger partial charge in [0.15, 0.2) is 0 Å². The highest BCUT2D eigenvalue weighted by Gasteiger charge is 2.22. The summed E-state index contributed by atoms with van der Waals surface area (Å²) < 4.78 is 13.3. The van der Waals surface area contributed by atoms with Gasteiger partial charge in [-0.3, -0.25) is 15.0 Å². The molecule has 0 atom stereocenters. The van der Waals surface area contributed by atoms with E-state index >= 15 is 0 Å². The second-order valence-electron chi connectivity index (χ2n) is 6.44. The lowest BCUT2D eigenvalue weighted by Crippen LogP contribution is -2.34. The van der Waals surface area contributed by atoms with Crippen LogP contribution in [0.1, 0.15) is 24.0 Å². The van der Waals surface area contributed by atoms with Gasteiger partial charge in [0.2, 0.25) is 0 Å². The van der Waals surface area contributed by atoms with Crippen molar-refractivity contribution in [3.8, 4) is 0 Å². The van der Waals surface area contributed by atoms with E-state index in [2.05, 4.69) is 4.90 Å². The van der Waals surface area contributed by atoms with Crippen molar-refractivity contribution in [2.75, 3.05) is 13.1 Å². The van der Waals surface area contributed by atoms with Gasteiger partial charge in [0.1, 0.15) is 5.82 Å². The van der Waals surface area contributed by atoms with Gasteiger partial charge >= 0.3 is 0 Å². The molecule has 2 aromatic rings. The van der Waals surface area contributed by atoms with Gasteiger partial charge in [-0.05, 0) is 56.0 Å². The minimum absolute atomic E-state index is 0.179. The Balaban J connectivity index is 1.55. The molecule has 0 bridgehead atoms. The first-order valence-electron chi connectivity index (χ1n) is 8.31. The third-order valence-electron chi connectivity index (χ3n) is 4.70. The van der Waals surface area contributed by atoms with Crippen molar-refractivity contribution < 1.29 is 9.31 Å². The molecule has 4 nitrogen and oxygen atoms in total. The van der Waals surface area contributed by atoms with E-state index in [1.54, 1.807) is 24.3 Å². The van der Waals surface area contributed by atoms with E-state index in [-0.39, 0.29) is 16.4 Å². The number of hydrogen-bond acceptors (Lipinski definition) is 3. The van der Waals surface area contributed by atoms with E-state index in [0.29, 0.717) is 12.5 Å². The van der Waals surface area contributed by atoms with E-state index in [0.717, 1.165) is 43.5 Å². The highest BCUT2D eigenvalue weighted by Crippen LogP contribution is 2.25. The number of nitro groups is 1. The summed E-state index contributed by atoms with van der Waals surface area (Å²) in [4.78, 5) is 13.1. The smallest absolute Gasteiger partial charge is 0.273 e. The van der Waals surface area contributed by atoms with E-state index in [1.165, 1.54) is 6.07 Å². The Morgan fingerprint density at radius 3 is 2.58 bits per heavy atom. The number of para-hydroxylation sites is 1. The van der Waals surface area contributed by atoms with Gasteiger partial charge in [-0.2, -0.15) is 0 Å². The first-order chi connectivity index (χ1) is 11.6. The molecule has 0 N–H and O–H groups in total. The predicted molar refractivity (Wildman–Crippen MR) is 91.2 cm³/mol. The molecule has 2 aromatic carbocycles. The summed E-state index contributed by atoms with van der Waals surface area (Å²) in [5.41, 5.74) is 2.01. The first kappa shape index (κ1) is 16.6. The third-order valence-corrected chi connectivity index (χ3v) is 4.70. The Kier molecular flexibility index (Phi) is 5.20. The standard InChI is InChI=1S/C19H21FN2O2/c20-18-6-3-4-16(13-18)12-15-8-10-21(11-9-15)14-17-5-1-2-7-19(17)22(23)24/h1-7,13,15H,8-12,14H2. The van der Waals surface area contributed by atoms with Gasteiger partial charge in [-0.1, -0.05) is 30.3 Å². The molecule has 1 saturated heterocycles. The van der Waals surface area contributed by atoms with Crippen LogP contribution in [0.5, 0.6) is 0 Å². The van der Waals surface area contributed by atoms with Gasteiger partial charge in [-0.25, -0.2) is 4.39 Å². The van der Waals surface area contributed by atoms with Gasteiger partial charge in [-0.15, -0.1) is 0 Å². The maximum Gasteiger partial charge on any atom is 0.273 e. The summed E-state index contributed by atoms with van der Waals surface area (Å²) in [7, 11) is 0. The van der Waals surface area contributed by atoms with E-state index in [4.69, 9.17) is 0 Å². The molecule has 0 saturated carbocycles. The molecule has 1 aliphatic heterocycles. The largest absolute Gasteiger partial charge is 0.299 e. The molecule has 0 amide bonds. The number of halogens is 1. The fourth-order valence-corrected chi connectivity index (χ4v) is 3.41. The van der Waals surface area contributed by atoms with Crippen LogP contribution in [-0.2, 0) is 13.0 Å². The van der Waals surface area contributed by atoms with Crippen molar-refractivity contribution in [3.05, 3.63) is 75.6 Å². The number of nitrogens with zero attached hydrogens (tertiary/aromatic N) is 2. The molecule has 0 aliphatic carbocycles. The Labute approximate surface area is 141 Å². The zero-order valence-electron chi connectivity index (χ0n) is 13.5. The van der Waals surface area contributed by atoms with Crippen LogP contribution >= 0.6 is 0 Å². The fraction of sp³-hybridized carbons (Fsp3) is 0.368. The molecule has 1 aliphatic rings. The zero-order valence-corrected chi connectivity index (χ0v) is 13.5. The van der Waals surface area contributed by atoms with Crippen LogP contribution in [-0.4, -0.2) is 22.9 Å². The summed E-state index contributed by atoms with van der Waals surface area (Å²) >= 11 is 0. The topological polar surface area (TPSA) is 46.4 Å². The number of piperidine rings is 1. The Morgan fingerprint density at radius 2 is 1.88 bits per heavy atom. The van der Waals surface area contributed by atoms with Crippen LogP contribution in [0.15, 0.2) is 48.5 Å². The molecule has 1 fully saturated rings. The number of nitro benzene ring substituents is 1. The summed E-state index contributed by atoms with van der Waals surface area (Å²) in [6.07, 6.45) is 2.98. The lowest BCUT2D eigenvalue weighted by atomic mass is 9.90. The van der Waals surface area contributed by atoms with Crippen LogP contribution < -0.4 is 0 Å². The normalized spacial score (nSPS) is 16.2. The van der Waals surface area contributed by atoms with Gasteiger partial charge in [0.05, 0.1) is 4.92 Å². The molecule has 0 aromatic heterocycles. The van der Waals surface area contributed by atoms with Crippen molar-refractivity contribution in [2.24, 2.45) is 5.92 Å². The summed E-state index contributed by atoms with van der Waals surface area (Å²) in [5, 5.41) is 11.1. The monoisotopic (exact) mass is 328 g/mol. The van der Waals surface area contributed by atoms with Crippen molar-refractivity contribution in [1.29, 1.82) is 0 Å². The third kappa shape index (κ3) is 4.17. The van der Waals surface area contributed by atoms with E-state index in [1.807, 2.05) is 18.2 Å². The summed E-state index contributed by atoms with van der Waals surface area (Å²) in [6, 6.07) is 13.8. The number of rotatable bonds is 5. The highest BCUT2D eigenvalue weighted by molar-refractivity contribution is 5.39. The molecular weight excluding hydrogens is 307 g/mol. The molecule has 5 heteroatoms. The molecule has 3 rings (SSSR count). The Hall–Kier alpha value is -2.27. The van der Waals surface area contributed by atoms with Crippen LogP contribution in [0, 0.1) is 21.8 Å². The fourth-order valence-electron chi connectivity index (χ4n) is 3.41. The number of benzene rings is 2. The maximum atomic E-state index is 13.3. The lowest BCUT2D eigenvalue weighted by Gasteiger charge is -2.32. The zero-order chi connectivity index (χ0) is 16.9. The molecular formula is C19H21FN2O2. The minimum atomic E-state index is -0.313. The predicted octanol–water partition coefficient (Wildman–Crippen LogP) is 4.19. The molecule has 0 unspecified atom stereocenters. The number of hydrogen-bond donors (Lipinski definition) is 0. The second-order valence-corrected chi connectivity index (χ2v) is 6.44. The molecule has 0 spiro atoms. The summed E-state index contributed by atoms with van der Waals surface area (Å²) in [5.74, 6) is 0.370. The molecule has 1 heterocycles. The average molecular weight is 328 g/mol. The van der Waals surface area contributed by atoms with Crippen molar-refractivity contribution in [2.45, 2.75) is 25.8 Å². The molecule has 126 valence electrons. The summed E-state index contributed by atoms with van der Waals surface area (Å²) in [6.45, 7) is 2.46. The van der Waals surface area contributed by atoms with E-state index < -0.39 is 0 Å². The second kappa shape index (κ2) is 7.53. The van der Waals surface area contributed by atoms with Crippen LogP contribution in [0.2, 0.25) is 0 Å². The van der Waals surface area contributed by atoms with Crippen molar-refractivity contribution >= 4 is 5.69 Å². The van der Waals surface area contributed by atoms with Crippen LogP contribution in [0.3, 0.4) is 0 Å². The maximum absolute atomic E-state index is 13.3. The molecule has 24 heavy (non-hydrogen) atoms. The SMILES string of the molecule is O=[N+]([O-])c1ccccc1CN1CCC(Cc2cccc(F)c2)CC1. The average Bonchev–Trinajstić information content (AvgIpc) is 2.57. The van der Waals surface area contributed by atoms with Gasteiger partial charge < -0.3 is 0 Å². The molecule has 0 radical (unpaired) electrons. The minimum Gasteiger partial charge on any atom is -0.299 e. The first-order valence-corrected chi connectivity index (χ1v) is 8.31.